The lowest BCUT2D eigenvalue weighted by Crippen LogP contribution is -2.32. The van der Waals surface area contributed by atoms with Crippen LogP contribution in [0.1, 0.15) is 6.92 Å². The van der Waals surface area contributed by atoms with Crippen LogP contribution in [0.4, 0.5) is 11.4 Å². The number of hydrogen-bond donors (Lipinski definition) is 1. The van der Waals surface area contributed by atoms with Crippen molar-refractivity contribution in [1.29, 1.82) is 0 Å². The summed E-state index contributed by atoms with van der Waals surface area (Å²) in [5.41, 5.74) is 2.02. The fraction of sp³-hybridized carbons (Fsp3) is 0.278. The van der Waals surface area contributed by atoms with Crippen LogP contribution in [0.5, 0.6) is 0 Å². The molecule has 23 heavy (non-hydrogen) atoms. The second kappa shape index (κ2) is 7.38. The number of benzene rings is 2. The van der Waals surface area contributed by atoms with E-state index < -0.39 is 0 Å². The van der Waals surface area contributed by atoms with Gasteiger partial charge in [-0.15, -0.1) is 0 Å². The smallest absolute Gasteiger partial charge is 0.289 e. The Kier molecular flexibility index (Phi) is 5.03. The third-order valence-electron chi connectivity index (χ3n) is 3.74. The number of rotatable bonds is 5. The summed E-state index contributed by atoms with van der Waals surface area (Å²) in [6.07, 6.45) is 0. The lowest BCUT2D eigenvalue weighted by molar-refractivity contribution is 0.316. The van der Waals surface area contributed by atoms with Crippen LogP contribution in [0.25, 0.3) is 0 Å². The summed E-state index contributed by atoms with van der Waals surface area (Å²) in [6, 6.07) is 18.5. The first-order valence-corrected chi connectivity index (χ1v) is 8.16. The first kappa shape index (κ1) is 15.7. The van der Waals surface area contributed by atoms with Gasteiger partial charge >= 0.3 is 0 Å². The first-order valence-electron chi connectivity index (χ1n) is 7.78. The summed E-state index contributed by atoms with van der Waals surface area (Å²) in [5, 5.41) is 3.96. The van der Waals surface area contributed by atoms with Crippen LogP contribution in [0, 0.1) is 0 Å². The van der Waals surface area contributed by atoms with E-state index in [1.807, 2.05) is 54.6 Å². The van der Waals surface area contributed by atoms with Gasteiger partial charge in [-0.25, -0.2) is 4.99 Å². The van der Waals surface area contributed by atoms with Crippen LogP contribution in [0.15, 0.2) is 59.6 Å². The zero-order valence-electron chi connectivity index (χ0n) is 13.1. The molecular weight excluding hydrogens is 310 g/mol. The van der Waals surface area contributed by atoms with Gasteiger partial charge < -0.3 is 15.0 Å². The molecule has 0 aliphatic carbocycles. The number of halogens is 1. The Morgan fingerprint density at radius 1 is 1.17 bits per heavy atom. The van der Waals surface area contributed by atoms with E-state index in [0.29, 0.717) is 12.6 Å². The zero-order chi connectivity index (χ0) is 16.1. The first-order chi connectivity index (χ1) is 11.3. The Balaban J connectivity index is 1.65. The SMILES string of the molecule is CCN(CC1COC(Nc2ccccc2)=N1)c1ccccc1Cl. The summed E-state index contributed by atoms with van der Waals surface area (Å²) in [5.74, 6) is 0. The predicted molar refractivity (Wildman–Crippen MR) is 96.6 cm³/mol. The number of nitrogens with one attached hydrogen (secondary N) is 1. The Labute approximate surface area is 141 Å². The zero-order valence-corrected chi connectivity index (χ0v) is 13.8. The predicted octanol–water partition coefficient (Wildman–Crippen LogP) is 4.03. The van der Waals surface area contributed by atoms with E-state index in [4.69, 9.17) is 16.3 Å². The number of ether oxygens (including phenoxy) is 1. The van der Waals surface area contributed by atoms with Crippen molar-refractivity contribution in [3.63, 3.8) is 0 Å². The number of para-hydroxylation sites is 2. The average molecular weight is 330 g/mol. The second-order valence-corrected chi connectivity index (χ2v) is 5.79. The maximum absolute atomic E-state index is 6.30. The third-order valence-corrected chi connectivity index (χ3v) is 4.06. The van der Waals surface area contributed by atoms with Gasteiger partial charge in [0.1, 0.15) is 12.6 Å². The van der Waals surface area contributed by atoms with E-state index in [9.17, 15) is 0 Å². The molecule has 0 spiro atoms. The fourth-order valence-electron chi connectivity index (χ4n) is 2.58. The molecule has 0 aromatic heterocycles. The van der Waals surface area contributed by atoms with Gasteiger partial charge in [-0.05, 0) is 31.2 Å². The van der Waals surface area contributed by atoms with Gasteiger partial charge in [0.05, 0.1) is 10.7 Å². The van der Waals surface area contributed by atoms with Gasteiger partial charge in [0, 0.05) is 18.8 Å². The molecule has 1 heterocycles. The molecule has 0 radical (unpaired) electrons. The monoisotopic (exact) mass is 329 g/mol. The molecule has 0 saturated carbocycles. The van der Waals surface area contributed by atoms with Crippen molar-refractivity contribution in [2.75, 3.05) is 29.9 Å². The standard InChI is InChI=1S/C18H20ClN3O/c1-2-22(17-11-7-6-10-16(17)19)12-15-13-23-18(21-15)20-14-8-4-3-5-9-14/h3-11,15H,2,12-13H2,1H3,(H,20,21). The Morgan fingerprint density at radius 2 is 1.91 bits per heavy atom. The molecule has 1 unspecified atom stereocenters. The number of amidine groups is 1. The number of hydrogen-bond acceptors (Lipinski definition) is 4. The molecule has 5 heteroatoms. The lowest BCUT2D eigenvalue weighted by atomic mass is 10.2. The topological polar surface area (TPSA) is 36.9 Å². The van der Waals surface area contributed by atoms with Crippen molar-refractivity contribution in [3.8, 4) is 0 Å². The van der Waals surface area contributed by atoms with E-state index in [0.717, 1.165) is 29.5 Å². The molecular formula is C18H20ClN3O. The van der Waals surface area contributed by atoms with Crippen LogP contribution in [-0.4, -0.2) is 31.8 Å². The quantitative estimate of drug-likeness (QED) is 0.899. The van der Waals surface area contributed by atoms with Crippen LogP contribution in [0.3, 0.4) is 0 Å². The molecule has 0 amide bonds. The largest absolute Gasteiger partial charge is 0.463 e. The summed E-state index contributed by atoms with van der Waals surface area (Å²) >= 11 is 6.30. The Hall–Kier alpha value is -2.20. The number of likely N-dealkylation sites (N-methyl/N-ethyl adjacent to an activating group) is 1. The van der Waals surface area contributed by atoms with E-state index >= 15 is 0 Å². The molecule has 0 saturated heterocycles. The molecule has 1 atom stereocenters. The summed E-state index contributed by atoms with van der Waals surface area (Å²) in [4.78, 5) is 6.85. The summed E-state index contributed by atoms with van der Waals surface area (Å²) < 4.78 is 5.66. The normalized spacial score (nSPS) is 16.6. The summed E-state index contributed by atoms with van der Waals surface area (Å²) in [6.45, 7) is 4.35. The molecule has 1 N–H and O–H groups in total. The lowest BCUT2D eigenvalue weighted by Gasteiger charge is -2.25. The van der Waals surface area contributed by atoms with Gasteiger partial charge in [0.2, 0.25) is 0 Å². The number of nitrogens with zero attached hydrogens (tertiary/aromatic N) is 2. The van der Waals surface area contributed by atoms with Gasteiger partial charge in [-0.3, -0.25) is 0 Å². The van der Waals surface area contributed by atoms with Crippen molar-refractivity contribution < 1.29 is 4.74 Å². The van der Waals surface area contributed by atoms with E-state index in [1.165, 1.54) is 0 Å². The van der Waals surface area contributed by atoms with Crippen LogP contribution < -0.4 is 10.2 Å². The van der Waals surface area contributed by atoms with Gasteiger partial charge in [-0.1, -0.05) is 41.9 Å². The van der Waals surface area contributed by atoms with Gasteiger partial charge in [0.15, 0.2) is 0 Å². The Morgan fingerprint density at radius 3 is 2.65 bits per heavy atom. The molecule has 2 aromatic carbocycles. The highest BCUT2D eigenvalue weighted by molar-refractivity contribution is 6.33. The van der Waals surface area contributed by atoms with E-state index in [1.54, 1.807) is 0 Å². The molecule has 2 aromatic rings. The second-order valence-electron chi connectivity index (χ2n) is 5.38. The minimum atomic E-state index is 0.0948. The average Bonchev–Trinajstić information content (AvgIpc) is 3.01. The van der Waals surface area contributed by atoms with Crippen molar-refractivity contribution in [2.24, 2.45) is 4.99 Å². The summed E-state index contributed by atoms with van der Waals surface area (Å²) in [7, 11) is 0. The van der Waals surface area contributed by atoms with E-state index in [-0.39, 0.29) is 6.04 Å². The third kappa shape index (κ3) is 3.96. The number of aliphatic imine (C=N–C) groups is 1. The highest BCUT2D eigenvalue weighted by Gasteiger charge is 2.22. The van der Waals surface area contributed by atoms with Crippen molar-refractivity contribution in [1.82, 2.24) is 0 Å². The minimum Gasteiger partial charge on any atom is -0.463 e. The molecule has 3 rings (SSSR count). The minimum absolute atomic E-state index is 0.0948. The van der Waals surface area contributed by atoms with Crippen molar-refractivity contribution in [2.45, 2.75) is 13.0 Å². The molecule has 0 fully saturated rings. The Bertz CT molecular complexity index is 675. The molecule has 1 aliphatic rings. The van der Waals surface area contributed by atoms with Crippen LogP contribution in [0.2, 0.25) is 5.02 Å². The highest BCUT2D eigenvalue weighted by atomic mass is 35.5. The van der Waals surface area contributed by atoms with Crippen LogP contribution in [-0.2, 0) is 4.74 Å². The number of anilines is 2. The van der Waals surface area contributed by atoms with Crippen molar-refractivity contribution in [3.05, 3.63) is 59.6 Å². The molecule has 0 bridgehead atoms. The van der Waals surface area contributed by atoms with E-state index in [2.05, 4.69) is 22.1 Å². The molecule has 1 aliphatic heterocycles. The maximum Gasteiger partial charge on any atom is 0.289 e. The maximum atomic E-state index is 6.30. The molecule has 120 valence electrons. The molecule has 4 nitrogen and oxygen atoms in total. The van der Waals surface area contributed by atoms with Gasteiger partial charge in [0.25, 0.3) is 6.02 Å². The van der Waals surface area contributed by atoms with Gasteiger partial charge in [-0.2, -0.15) is 0 Å². The fourth-order valence-corrected chi connectivity index (χ4v) is 2.84. The van der Waals surface area contributed by atoms with Crippen LogP contribution >= 0.6 is 11.6 Å². The highest BCUT2D eigenvalue weighted by Crippen LogP contribution is 2.25. The van der Waals surface area contributed by atoms with Crippen molar-refractivity contribution >= 4 is 29.0 Å².